The number of nitrogens with zero attached hydrogens (tertiary/aromatic N) is 4. The number of amidine groups is 1. The lowest BCUT2D eigenvalue weighted by molar-refractivity contribution is 0.621. The first kappa shape index (κ1) is 10.3. The Hall–Kier alpha value is -2.24. The van der Waals surface area contributed by atoms with Gasteiger partial charge in [-0.05, 0) is 12.1 Å². The Morgan fingerprint density at radius 3 is 2.94 bits per heavy atom. The van der Waals surface area contributed by atoms with Crippen molar-refractivity contribution in [3.05, 3.63) is 41.6 Å². The number of nitrogens with one attached hydrogen (secondary N) is 1. The molecule has 0 saturated carbocycles. The molecule has 0 aromatic carbocycles. The zero-order chi connectivity index (χ0) is 11.4. The second-order valence-corrected chi connectivity index (χ2v) is 3.09. The van der Waals surface area contributed by atoms with Crippen molar-refractivity contribution < 1.29 is 4.39 Å². The minimum Gasteiger partial charge on any atom is -0.287 e. The molecule has 1 aliphatic heterocycles. The number of pyridine rings is 1. The SMILES string of the molecule is N=NC(=NC1=CC=NC1)c1cncc(F)c1. The molecule has 0 aliphatic carbocycles. The maximum Gasteiger partial charge on any atom is 0.182 e. The van der Waals surface area contributed by atoms with Gasteiger partial charge in [-0.15, -0.1) is 5.11 Å². The molecular formula is C10H8FN5. The largest absolute Gasteiger partial charge is 0.287 e. The molecule has 1 aromatic heterocycles. The third-order valence-corrected chi connectivity index (χ3v) is 1.94. The summed E-state index contributed by atoms with van der Waals surface area (Å²) in [5.74, 6) is -0.353. The molecule has 0 radical (unpaired) electrons. The molecule has 2 rings (SSSR count). The Kier molecular flexibility index (Phi) is 2.90. The van der Waals surface area contributed by atoms with Crippen LogP contribution >= 0.6 is 0 Å². The molecule has 0 saturated heterocycles. The second-order valence-electron chi connectivity index (χ2n) is 3.09. The van der Waals surface area contributed by atoms with Gasteiger partial charge in [0, 0.05) is 18.0 Å². The Labute approximate surface area is 91.0 Å². The van der Waals surface area contributed by atoms with E-state index in [9.17, 15) is 4.39 Å². The van der Waals surface area contributed by atoms with Gasteiger partial charge >= 0.3 is 0 Å². The van der Waals surface area contributed by atoms with Gasteiger partial charge in [0.15, 0.2) is 5.84 Å². The Morgan fingerprint density at radius 2 is 2.31 bits per heavy atom. The van der Waals surface area contributed by atoms with Crippen molar-refractivity contribution in [2.24, 2.45) is 15.1 Å². The van der Waals surface area contributed by atoms with Crippen LogP contribution in [0.1, 0.15) is 5.56 Å². The molecule has 1 aromatic rings. The molecule has 0 atom stereocenters. The lowest BCUT2D eigenvalue weighted by Gasteiger charge is -1.99. The van der Waals surface area contributed by atoms with Gasteiger partial charge in [-0.25, -0.2) is 14.9 Å². The number of rotatable bonds is 2. The number of allylic oxidation sites excluding steroid dienone is 1. The highest BCUT2D eigenvalue weighted by molar-refractivity contribution is 5.99. The summed E-state index contributed by atoms with van der Waals surface area (Å²) < 4.78 is 12.9. The molecule has 0 spiro atoms. The number of aliphatic imine (C=N–C) groups is 2. The van der Waals surface area contributed by atoms with Gasteiger partial charge in [0.05, 0.1) is 18.4 Å². The standard InChI is InChI=1S/C10H8FN5/c11-8-3-7(4-14-5-8)10(16-12)15-9-1-2-13-6-9/h1-5,12H,6H2. The quantitative estimate of drug-likeness (QED) is 0.459. The zero-order valence-electron chi connectivity index (χ0n) is 8.26. The Bertz CT molecular complexity index is 504. The smallest absolute Gasteiger partial charge is 0.182 e. The van der Waals surface area contributed by atoms with Crippen LogP contribution in [-0.2, 0) is 0 Å². The topological polar surface area (TPSA) is 73.8 Å². The lowest BCUT2D eigenvalue weighted by atomic mass is 10.2. The van der Waals surface area contributed by atoms with E-state index < -0.39 is 5.82 Å². The molecular weight excluding hydrogens is 209 g/mol. The molecule has 1 aliphatic rings. The van der Waals surface area contributed by atoms with Gasteiger partial charge in [-0.3, -0.25) is 9.98 Å². The summed E-state index contributed by atoms with van der Waals surface area (Å²) in [6.07, 6.45) is 5.85. The first-order valence-electron chi connectivity index (χ1n) is 4.55. The molecule has 16 heavy (non-hydrogen) atoms. The molecule has 80 valence electrons. The molecule has 0 amide bonds. The highest BCUT2D eigenvalue weighted by Gasteiger charge is 2.06. The fourth-order valence-corrected chi connectivity index (χ4v) is 1.23. The first-order chi connectivity index (χ1) is 7.79. The van der Waals surface area contributed by atoms with Crippen LogP contribution in [-0.4, -0.2) is 23.6 Å². The summed E-state index contributed by atoms with van der Waals surface area (Å²) in [4.78, 5) is 11.7. The molecule has 0 bridgehead atoms. The van der Waals surface area contributed by atoms with Gasteiger partial charge < -0.3 is 0 Å². The van der Waals surface area contributed by atoms with Crippen LogP contribution in [0.5, 0.6) is 0 Å². The summed E-state index contributed by atoms with van der Waals surface area (Å²) in [6, 6.07) is 1.24. The molecule has 5 nitrogen and oxygen atoms in total. The number of aromatic nitrogens is 1. The average molecular weight is 217 g/mol. The van der Waals surface area contributed by atoms with E-state index in [1.165, 1.54) is 12.3 Å². The van der Waals surface area contributed by atoms with Crippen LogP contribution in [0.4, 0.5) is 4.39 Å². The van der Waals surface area contributed by atoms with Crippen molar-refractivity contribution in [2.75, 3.05) is 6.54 Å². The van der Waals surface area contributed by atoms with Crippen LogP contribution in [0, 0.1) is 11.3 Å². The van der Waals surface area contributed by atoms with Gasteiger partial charge in [-0.2, -0.15) is 0 Å². The monoisotopic (exact) mass is 217 g/mol. The summed E-state index contributed by atoms with van der Waals surface area (Å²) in [5, 5.41) is 3.26. The maximum absolute atomic E-state index is 12.9. The molecule has 0 unspecified atom stereocenters. The van der Waals surface area contributed by atoms with E-state index in [2.05, 4.69) is 20.1 Å². The van der Waals surface area contributed by atoms with Crippen LogP contribution in [0.15, 0.2) is 45.3 Å². The highest BCUT2D eigenvalue weighted by atomic mass is 19.1. The van der Waals surface area contributed by atoms with Crippen molar-refractivity contribution in [3.8, 4) is 0 Å². The number of halogens is 1. The minimum atomic E-state index is -0.481. The number of hydrogen-bond donors (Lipinski definition) is 1. The van der Waals surface area contributed by atoms with E-state index in [1.54, 1.807) is 12.3 Å². The van der Waals surface area contributed by atoms with E-state index in [1.807, 2.05) is 0 Å². The number of hydrogen-bond acceptors (Lipinski definition) is 4. The predicted molar refractivity (Wildman–Crippen MR) is 57.3 cm³/mol. The third-order valence-electron chi connectivity index (χ3n) is 1.94. The van der Waals surface area contributed by atoms with E-state index in [0.29, 0.717) is 17.8 Å². The van der Waals surface area contributed by atoms with Crippen molar-refractivity contribution >= 4 is 12.1 Å². The fraction of sp³-hybridized carbons (Fsp3) is 0.100. The van der Waals surface area contributed by atoms with E-state index >= 15 is 0 Å². The fourth-order valence-electron chi connectivity index (χ4n) is 1.23. The normalized spacial score (nSPS) is 15.1. The highest BCUT2D eigenvalue weighted by Crippen LogP contribution is 2.09. The first-order valence-corrected chi connectivity index (χ1v) is 4.55. The Morgan fingerprint density at radius 1 is 1.44 bits per heavy atom. The van der Waals surface area contributed by atoms with Gasteiger partial charge in [0.25, 0.3) is 0 Å². The Balaban J connectivity index is 2.32. The van der Waals surface area contributed by atoms with Crippen LogP contribution in [0.25, 0.3) is 0 Å². The predicted octanol–water partition coefficient (Wildman–Crippen LogP) is 1.97. The van der Waals surface area contributed by atoms with Crippen molar-refractivity contribution in [1.82, 2.24) is 4.98 Å². The van der Waals surface area contributed by atoms with Crippen molar-refractivity contribution in [3.63, 3.8) is 0 Å². The zero-order valence-corrected chi connectivity index (χ0v) is 8.26. The maximum atomic E-state index is 12.9. The van der Waals surface area contributed by atoms with E-state index in [0.717, 1.165) is 6.20 Å². The summed E-state index contributed by atoms with van der Waals surface area (Å²) in [5.41, 5.74) is 8.08. The van der Waals surface area contributed by atoms with Crippen LogP contribution in [0.3, 0.4) is 0 Å². The van der Waals surface area contributed by atoms with Crippen LogP contribution in [0.2, 0.25) is 0 Å². The van der Waals surface area contributed by atoms with Gasteiger partial charge in [-0.1, -0.05) is 0 Å². The van der Waals surface area contributed by atoms with Crippen molar-refractivity contribution in [2.45, 2.75) is 0 Å². The van der Waals surface area contributed by atoms with Crippen LogP contribution < -0.4 is 0 Å². The molecule has 1 N–H and O–H groups in total. The van der Waals surface area contributed by atoms with Crippen molar-refractivity contribution in [1.29, 1.82) is 5.53 Å². The summed E-state index contributed by atoms with van der Waals surface area (Å²) >= 11 is 0. The second kappa shape index (κ2) is 4.52. The van der Waals surface area contributed by atoms with Gasteiger partial charge in [0.2, 0.25) is 0 Å². The lowest BCUT2D eigenvalue weighted by Crippen LogP contribution is -1.99. The minimum absolute atomic E-state index is 0.128. The summed E-state index contributed by atoms with van der Waals surface area (Å²) in [7, 11) is 0. The third kappa shape index (κ3) is 2.22. The van der Waals surface area contributed by atoms with E-state index in [4.69, 9.17) is 5.53 Å². The molecule has 2 heterocycles. The molecule has 0 fully saturated rings. The molecule has 6 heteroatoms. The van der Waals surface area contributed by atoms with Gasteiger partial charge in [0.1, 0.15) is 5.82 Å². The average Bonchev–Trinajstić information content (AvgIpc) is 2.78. The summed E-state index contributed by atoms with van der Waals surface area (Å²) in [6.45, 7) is 0.460. The van der Waals surface area contributed by atoms with E-state index in [-0.39, 0.29) is 5.84 Å².